The van der Waals surface area contributed by atoms with Crippen molar-refractivity contribution in [2.75, 3.05) is 19.6 Å². The molecular formula is C17H24N2O2. The van der Waals surface area contributed by atoms with Crippen LogP contribution in [-0.4, -0.2) is 41.1 Å². The molecule has 0 aliphatic rings. The van der Waals surface area contributed by atoms with Crippen LogP contribution in [0, 0.1) is 18.8 Å². The quantitative estimate of drug-likeness (QED) is 0.826. The first-order valence-corrected chi connectivity index (χ1v) is 7.09. The Morgan fingerprint density at radius 1 is 1.43 bits per heavy atom. The Hall–Kier alpha value is -1.83. The van der Waals surface area contributed by atoms with Crippen molar-refractivity contribution in [3.05, 3.63) is 34.9 Å². The molecule has 0 unspecified atom stereocenters. The maximum absolute atomic E-state index is 12.7. The Labute approximate surface area is 127 Å². The number of nitrogens with zero attached hydrogens (tertiary/aromatic N) is 1. The molecule has 0 saturated heterocycles. The predicted octanol–water partition coefficient (Wildman–Crippen LogP) is 1.54. The van der Waals surface area contributed by atoms with Crippen molar-refractivity contribution in [3.63, 3.8) is 0 Å². The van der Waals surface area contributed by atoms with Gasteiger partial charge in [0.15, 0.2) is 0 Å². The first kappa shape index (κ1) is 17.2. The molecule has 0 bridgehead atoms. The lowest BCUT2D eigenvalue weighted by molar-refractivity contribution is 0.0314. The molecule has 114 valence electrons. The summed E-state index contributed by atoms with van der Waals surface area (Å²) in [5.41, 5.74) is 6.69. The molecule has 0 fully saturated rings. The highest BCUT2D eigenvalue weighted by Crippen LogP contribution is 2.15. The number of aryl methyl sites for hydroxylation is 1. The Bertz CT molecular complexity index is 562. The van der Waals surface area contributed by atoms with Gasteiger partial charge in [-0.3, -0.25) is 4.79 Å². The minimum Gasteiger partial charge on any atom is -0.389 e. The number of hydrogen-bond acceptors (Lipinski definition) is 3. The van der Waals surface area contributed by atoms with E-state index in [1.807, 2.05) is 32.0 Å². The molecule has 0 aromatic heterocycles. The van der Waals surface area contributed by atoms with Crippen molar-refractivity contribution in [3.8, 4) is 11.8 Å². The van der Waals surface area contributed by atoms with Crippen LogP contribution in [0.3, 0.4) is 0 Å². The first-order valence-electron chi connectivity index (χ1n) is 7.09. The van der Waals surface area contributed by atoms with E-state index in [0.717, 1.165) is 5.56 Å². The van der Waals surface area contributed by atoms with E-state index in [2.05, 4.69) is 11.8 Å². The van der Waals surface area contributed by atoms with Gasteiger partial charge in [0.1, 0.15) is 0 Å². The number of carbonyl (C=O) groups is 1. The molecule has 1 rings (SSSR count). The summed E-state index contributed by atoms with van der Waals surface area (Å²) in [5.74, 6) is 5.60. The minimum absolute atomic E-state index is 0.121. The average molecular weight is 288 g/mol. The Morgan fingerprint density at radius 3 is 2.62 bits per heavy atom. The summed E-state index contributed by atoms with van der Waals surface area (Å²) in [6.45, 7) is 8.26. The Morgan fingerprint density at radius 2 is 2.10 bits per heavy atom. The zero-order valence-corrected chi connectivity index (χ0v) is 13.2. The van der Waals surface area contributed by atoms with Crippen molar-refractivity contribution in [2.45, 2.75) is 33.3 Å². The smallest absolute Gasteiger partial charge is 0.255 e. The standard InChI is InChI=1S/C17H24N2O2/c1-5-19(12-17(3,4)21)16(20)15-11-13(2)8-9-14(15)7-6-10-18/h8-9,11,21H,5,10,12,18H2,1-4H3. The van der Waals surface area contributed by atoms with Crippen molar-refractivity contribution in [1.82, 2.24) is 4.90 Å². The second-order valence-corrected chi connectivity index (χ2v) is 5.69. The van der Waals surface area contributed by atoms with Crippen molar-refractivity contribution >= 4 is 5.91 Å². The summed E-state index contributed by atoms with van der Waals surface area (Å²) >= 11 is 0. The fourth-order valence-corrected chi connectivity index (χ4v) is 2.05. The molecule has 21 heavy (non-hydrogen) atoms. The van der Waals surface area contributed by atoms with Crippen LogP contribution in [0.1, 0.15) is 42.3 Å². The van der Waals surface area contributed by atoms with Gasteiger partial charge in [0, 0.05) is 18.7 Å². The van der Waals surface area contributed by atoms with E-state index in [0.29, 0.717) is 17.7 Å². The molecule has 0 saturated carbocycles. The summed E-state index contributed by atoms with van der Waals surface area (Å²) in [5, 5.41) is 9.94. The monoisotopic (exact) mass is 288 g/mol. The van der Waals surface area contributed by atoms with Gasteiger partial charge in [-0.05, 0) is 39.8 Å². The van der Waals surface area contributed by atoms with E-state index < -0.39 is 5.60 Å². The van der Waals surface area contributed by atoms with E-state index in [4.69, 9.17) is 5.73 Å². The topological polar surface area (TPSA) is 66.6 Å². The third-order valence-electron chi connectivity index (χ3n) is 2.98. The van der Waals surface area contributed by atoms with Gasteiger partial charge in [-0.15, -0.1) is 0 Å². The van der Waals surface area contributed by atoms with Gasteiger partial charge < -0.3 is 15.7 Å². The summed E-state index contributed by atoms with van der Waals surface area (Å²) in [4.78, 5) is 14.3. The molecule has 0 heterocycles. The summed E-state index contributed by atoms with van der Waals surface area (Å²) < 4.78 is 0. The van der Waals surface area contributed by atoms with Crippen LogP contribution in [0.4, 0.5) is 0 Å². The molecule has 0 aliphatic heterocycles. The van der Waals surface area contributed by atoms with E-state index in [1.165, 1.54) is 0 Å². The lowest BCUT2D eigenvalue weighted by atomic mass is 10.0. The second-order valence-electron chi connectivity index (χ2n) is 5.69. The van der Waals surface area contributed by atoms with E-state index in [-0.39, 0.29) is 19.0 Å². The molecule has 0 radical (unpaired) electrons. The molecule has 4 nitrogen and oxygen atoms in total. The number of rotatable bonds is 4. The summed E-state index contributed by atoms with van der Waals surface area (Å²) in [7, 11) is 0. The highest BCUT2D eigenvalue weighted by molar-refractivity contribution is 5.97. The maximum Gasteiger partial charge on any atom is 0.255 e. The van der Waals surface area contributed by atoms with Crippen LogP contribution in [0.25, 0.3) is 0 Å². The highest BCUT2D eigenvalue weighted by Gasteiger charge is 2.23. The van der Waals surface area contributed by atoms with Gasteiger partial charge in [-0.25, -0.2) is 0 Å². The molecule has 1 amide bonds. The van der Waals surface area contributed by atoms with Crippen molar-refractivity contribution in [1.29, 1.82) is 0 Å². The summed E-state index contributed by atoms with van der Waals surface area (Å²) in [6, 6.07) is 5.59. The van der Waals surface area contributed by atoms with Gasteiger partial charge in [-0.1, -0.05) is 23.5 Å². The molecule has 4 heteroatoms. The van der Waals surface area contributed by atoms with Crippen LogP contribution in [0.15, 0.2) is 18.2 Å². The summed E-state index contributed by atoms with van der Waals surface area (Å²) in [6.07, 6.45) is 0. The van der Waals surface area contributed by atoms with Crippen LogP contribution >= 0.6 is 0 Å². The van der Waals surface area contributed by atoms with Crippen molar-refractivity contribution in [2.24, 2.45) is 5.73 Å². The lowest BCUT2D eigenvalue weighted by Crippen LogP contribution is -2.42. The van der Waals surface area contributed by atoms with E-state index in [9.17, 15) is 9.90 Å². The molecule has 1 aromatic rings. The SMILES string of the molecule is CCN(CC(C)(C)O)C(=O)c1cc(C)ccc1C#CCN. The Balaban J connectivity index is 3.17. The van der Waals surface area contributed by atoms with Crippen molar-refractivity contribution < 1.29 is 9.90 Å². The normalized spacial score (nSPS) is 10.8. The largest absolute Gasteiger partial charge is 0.389 e. The first-order chi connectivity index (χ1) is 9.78. The van der Waals surface area contributed by atoms with Gasteiger partial charge in [0.2, 0.25) is 0 Å². The molecule has 0 atom stereocenters. The predicted molar refractivity (Wildman–Crippen MR) is 85.0 cm³/mol. The fourth-order valence-electron chi connectivity index (χ4n) is 2.05. The molecular weight excluding hydrogens is 264 g/mol. The van der Waals surface area contributed by atoms with Gasteiger partial charge in [-0.2, -0.15) is 0 Å². The highest BCUT2D eigenvalue weighted by atomic mass is 16.3. The van der Waals surface area contributed by atoms with Gasteiger partial charge >= 0.3 is 0 Å². The number of benzene rings is 1. The van der Waals surface area contributed by atoms with Crippen LogP contribution < -0.4 is 5.73 Å². The minimum atomic E-state index is -0.932. The second kappa shape index (κ2) is 7.26. The molecule has 0 spiro atoms. The fraction of sp³-hybridized carbons (Fsp3) is 0.471. The number of hydrogen-bond donors (Lipinski definition) is 2. The third kappa shape index (κ3) is 5.22. The van der Waals surface area contributed by atoms with Crippen LogP contribution in [0.2, 0.25) is 0 Å². The number of likely N-dealkylation sites (N-methyl/N-ethyl adjacent to an activating group) is 1. The number of aliphatic hydroxyl groups is 1. The third-order valence-corrected chi connectivity index (χ3v) is 2.98. The Kier molecular flexibility index (Phi) is 5.95. The number of nitrogens with two attached hydrogens (primary N) is 1. The zero-order chi connectivity index (χ0) is 16.0. The van der Waals surface area contributed by atoms with E-state index in [1.54, 1.807) is 18.7 Å². The lowest BCUT2D eigenvalue weighted by Gasteiger charge is -2.28. The van der Waals surface area contributed by atoms with Gasteiger partial charge in [0.25, 0.3) is 5.91 Å². The molecule has 0 aliphatic carbocycles. The number of carbonyl (C=O) groups excluding carboxylic acids is 1. The van der Waals surface area contributed by atoms with E-state index >= 15 is 0 Å². The zero-order valence-electron chi connectivity index (χ0n) is 13.2. The van der Waals surface area contributed by atoms with Gasteiger partial charge in [0.05, 0.1) is 17.7 Å². The maximum atomic E-state index is 12.7. The van der Waals surface area contributed by atoms with Crippen LogP contribution in [0.5, 0.6) is 0 Å². The average Bonchev–Trinajstić information content (AvgIpc) is 2.41. The van der Waals surface area contributed by atoms with Crippen LogP contribution in [-0.2, 0) is 0 Å². The number of amides is 1. The molecule has 3 N–H and O–H groups in total. The molecule has 1 aromatic carbocycles.